The average molecular weight is 360 g/mol. The first-order valence-electron chi connectivity index (χ1n) is 8.33. The Balaban J connectivity index is 1.70. The van der Waals surface area contributed by atoms with Gasteiger partial charge in [0.1, 0.15) is 0 Å². The lowest BCUT2D eigenvalue weighted by Gasteiger charge is -2.18. The van der Waals surface area contributed by atoms with Gasteiger partial charge in [0.2, 0.25) is 5.91 Å². The molecule has 1 aliphatic heterocycles. The molecular weight excluding hydrogens is 340 g/mol. The Morgan fingerprint density at radius 2 is 1.92 bits per heavy atom. The van der Waals surface area contributed by atoms with Gasteiger partial charge in [-0.3, -0.25) is 19.8 Å². The predicted octanol–water partition coefficient (Wildman–Crippen LogP) is 3.59. The maximum atomic E-state index is 12.1. The third kappa shape index (κ3) is 4.45. The number of rotatable bonds is 4. The number of nitro benzene ring substituents is 1. The third-order valence-electron chi connectivity index (χ3n) is 4.47. The van der Waals surface area contributed by atoms with Crippen LogP contribution in [-0.2, 0) is 11.3 Å². The number of hydrogen-bond acceptors (Lipinski definition) is 6. The molecule has 3 rings (SSSR count). The molecule has 132 valence electrons. The van der Waals surface area contributed by atoms with E-state index < -0.39 is 4.92 Å². The molecule has 25 heavy (non-hydrogen) atoms. The van der Waals surface area contributed by atoms with Gasteiger partial charge in [-0.15, -0.1) is 5.10 Å². The minimum absolute atomic E-state index is 0.0143. The van der Waals surface area contributed by atoms with Crippen LogP contribution in [0.2, 0.25) is 0 Å². The van der Waals surface area contributed by atoms with Crippen molar-refractivity contribution < 1.29 is 9.72 Å². The van der Waals surface area contributed by atoms with E-state index in [1.165, 1.54) is 23.9 Å². The van der Waals surface area contributed by atoms with Crippen molar-refractivity contribution in [3.8, 4) is 0 Å². The summed E-state index contributed by atoms with van der Waals surface area (Å²) in [5.41, 5.74) is 1.96. The Hall–Kier alpha value is -2.22. The number of benzene rings is 1. The number of non-ortho nitro benzene ring substituents is 1. The second-order valence-electron chi connectivity index (χ2n) is 6.42. The van der Waals surface area contributed by atoms with Gasteiger partial charge >= 0.3 is 0 Å². The zero-order valence-corrected chi connectivity index (χ0v) is 14.9. The standard InChI is InChI=1S/C17H20N4O3S/c1-12-2-6-14(7-3-12)18-19-17-20(16(22)11-25-17)10-13-4-8-15(9-5-13)21(23)24/h4-5,8-9,12H,2-3,6-7,10-11H2,1H3/b18-14?,19-17-. The molecule has 0 bridgehead atoms. The van der Waals surface area contributed by atoms with Crippen LogP contribution in [0, 0.1) is 16.0 Å². The van der Waals surface area contributed by atoms with Gasteiger partial charge in [-0.05, 0) is 37.2 Å². The molecule has 1 aromatic rings. The van der Waals surface area contributed by atoms with Crippen molar-refractivity contribution in [3.63, 3.8) is 0 Å². The monoisotopic (exact) mass is 360 g/mol. The highest BCUT2D eigenvalue weighted by atomic mass is 32.2. The largest absolute Gasteiger partial charge is 0.285 e. The lowest BCUT2D eigenvalue weighted by atomic mass is 9.90. The van der Waals surface area contributed by atoms with Crippen molar-refractivity contribution in [2.45, 2.75) is 39.2 Å². The molecule has 1 heterocycles. The van der Waals surface area contributed by atoms with Crippen molar-refractivity contribution in [1.82, 2.24) is 4.90 Å². The fraction of sp³-hybridized carbons (Fsp3) is 0.471. The Bertz CT molecular complexity index is 720. The second-order valence-corrected chi connectivity index (χ2v) is 7.37. The first kappa shape index (κ1) is 17.6. The molecule has 7 nitrogen and oxygen atoms in total. The Labute approximate surface area is 150 Å². The van der Waals surface area contributed by atoms with Gasteiger partial charge in [-0.2, -0.15) is 5.10 Å². The van der Waals surface area contributed by atoms with Gasteiger partial charge in [-0.25, -0.2) is 0 Å². The second kappa shape index (κ2) is 7.77. The van der Waals surface area contributed by atoms with Crippen molar-refractivity contribution in [1.29, 1.82) is 0 Å². The highest BCUT2D eigenvalue weighted by molar-refractivity contribution is 8.15. The SMILES string of the molecule is CC1CCC(=N/N=C2\SCC(=O)N2Cc2ccc([N+](=O)[O-])cc2)CC1. The van der Waals surface area contributed by atoms with Gasteiger partial charge in [0.15, 0.2) is 5.17 Å². The smallest absolute Gasteiger partial charge is 0.269 e. The van der Waals surface area contributed by atoms with E-state index in [1.807, 2.05) is 0 Å². The molecule has 0 radical (unpaired) electrons. The number of carbonyl (C=O) groups excluding carboxylic acids is 1. The van der Waals surface area contributed by atoms with E-state index in [0.717, 1.165) is 42.9 Å². The van der Waals surface area contributed by atoms with Crippen LogP contribution in [0.4, 0.5) is 5.69 Å². The maximum Gasteiger partial charge on any atom is 0.269 e. The van der Waals surface area contributed by atoms with Crippen LogP contribution in [-0.4, -0.2) is 32.4 Å². The summed E-state index contributed by atoms with van der Waals surface area (Å²) >= 11 is 1.39. The van der Waals surface area contributed by atoms with E-state index in [1.54, 1.807) is 17.0 Å². The van der Waals surface area contributed by atoms with E-state index in [4.69, 9.17) is 0 Å². The first-order chi connectivity index (χ1) is 12.0. The molecule has 0 N–H and O–H groups in total. The summed E-state index contributed by atoms with van der Waals surface area (Å²) in [5.74, 6) is 1.08. The Kier molecular flexibility index (Phi) is 5.47. The molecule has 1 amide bonds. The molecule has 1 saturated heterocycles. The molecule has 0 aromatic heterocycles. The van der Waals surface area contributed by atoms with Crippen molar-refractivity contribution in [3.05, 3.63) is 39.9 Å². The molecule has 8 heteroatoms. The lowest BCUT2D eigenvalue weighted by Crippen LogP contribution is -2.28. The van der Waals surface area contributed by atoms with Gasteiger partial charge in [0, 0.05) is 17.8 Å². The fourth-order valence-corrected chi connectivity index (χ4v) is 3.67. The molecule has 2 fully saturated rings. The molecule has 1 aliphatic carbocycles. The third-order valence-corrected chi connectivity index (χ3v) is 5.42. The van der Waals surface area contributed by atoms with E-state index in [9.17, 15) is 14.9 Å². The zero-order chi connectivity index (χ0) is 17.8. The lowest BCUT2D eigenvalue weighted by molar-refractivity contribution is -0.384. The highest BCUT2D eigenvalue weighted by Gasteiger charge is 2.28. The zero-order valence-electron chi connectivity index (χ0n) is 14.1. The Morgan fingerprint density at radius 1 is 1.24 bits per heavy atom. The van der Waals surface area contributed by atoms with E-state index in [2.05, 4.69) is 17.1 Å². The number of amides is 1. The van der Waals surface area contributed by atoms with Crippen molar-refractivity contribution >= 4 is 34.2 Å². The van der Waals surface area contributed by atoms with Crippen LogP contribution in [0.3, 0.4) is 0 Å². The molecule has 0 atom stereocenters. The molecule has 2 aliphatic rings. The maximum absolute atomic E-state index is 12.1. The Morgan fingerprint density at radius 3 is 2.56 bits per heavy atom. The molecule has 0 spiro atoms. The summed E-state index contributed by atoms with van der Waals surface area (Å²) in [7, 11) is 0. The highest BCUT2D eigenvalue weighted by Crippen LogP contribution is 2.25. The van der Waals surface area contributed by atoms with Crippen LogP contribution in [0.5, 0.6) is 0 Å². The van der Waals surface area contributed by atoms with Crippen LogP contribution in [0.15, 0.2) is 34.5 Å². The summed E-state index contributed by atoms with van der Waals surface area (Å²) in [6, 6.07) is 6.23. The van der Waals surface area contributed by atoms with Crippen molar-refractivity contribution in [2.75, 3.05) is 5.75 Å². The summed E-state index contributed by atoms with van der Waals surface area (Å²) in [4.78, 5) is 24.0. The minimum Gasteiger partial charge on any atom is -0.285 e. The normalized spacial score (nSPS) is 22.5. The van der Waals surface area contributed by atoms with E-state index >= 15 is 0 Å². The van der Waals surface area contributed by atoms with Crippen LogP contribution >= 0.6 is 11.8 Å². The number of carbonyl (C=O) groups is 1. The molecule has 1 aromatic carbocycles. The molecule has 0 unspecified atom stereocenters. The van der Waals surface area contributed by atoms with Crippen LogP contribution < -0.4 is 0 Å². The van der Waals surface area contributed by atoms with Crippen LogP contribution in [0.25, 0.3) is 0 Å². The molecule has 1 saturated carbocycles. The van der Waals surface area contributed by atoms with Gasteiger partial charge in [0.25, 0.3) is 5.69 Å². The molecular formula is C17H20N4O3S. The van der Waals surface area contributed by atoms with E-state index in [0.29, 0.717) is 17.5 Å². The number of amidine groups is 1. The summed E-state index contributed by atoms with van der Waals surface area (Å²) in [6.07, 6.45) is 4.22. The number of nitrogens with zero attached hydrogens (tertiary/aromatic N) is 4. The number of nitro groups is 1. The quantitative estimate of drug-likeness (QED) is 0.606. The van der Waals surface area contributed by atoms with Gasteiger partial charge < -0.3 is 0 Å². The van der Waals surface area contributed by atoms with E-state index in [-0.39, 0.29) is 11.6 Å². The van der Waals surface area contributed by atoms with Crippen molar-refractivity contribution in [2.24, 2.45) is 16.1 Å². The summed E-state index contributed by atoms with van der Waals surface area (Å²) in [6.45, 7) is 2.60. The fourth-order valence-electron chi connectivity index (χ4n) is 2.84. The topological polar surface area (TPSA) is 88.2 Å². The van der Waals surface area contributed by atoms with Gasteiger partial charge in [-0.1, -0.05) is 30.8 Å². The number of thioether (sulfide) groups is 1. The predicted molar refractivity (Wildman–Crippen MR) is 98.6 cm³/mol. The summed E-state index contributed by atoms with van der Waals surface area (Å²) in [5, 5.41) is 20.0. The minimum atomic E-state index is -0.436. The first-order valence-corrected chi connectivity index (χ1v) is 9.31. The van der Waals surface area contributed by atoms with Crippen LogP contribution in [0.1, 0.15) is 38.2 Å². The number of hydrogen-bond donors (Lipinski definition) is 0. The summed E-state index contributed by atoms with van der Waals surface area (Å²) < 4.78 is 0. The average Bonchev–Trinajstić information content (AvgIpc) is 2.95. The van der Waals surface area contributed by atoms with Gasteiger partial charge in [0.05, 0.1) is 17.2 Å².